The molecule has 3 aromatic rings. The van der Waals surface area contributed by atoms with Gasteiger partial charge in [-0.2, -0.15) is 0 Å². The summed E-state index contributed by atoms with van der Waals surface area (Å²) in [6, 6.07) is 28.1. The first-order valence-electron chi connectivity index (χ1n) is 8.56. The smallest absolute Gasteiger partial charge is 0.139 e. The average Bonchev–Trinajstić information content (AvgIpc) is 2.68. The number of aliphatic imine (C=N–C) groups is 1. The van der Waals surface area contributed by atoms with Crippen LogP contribution in [0, 0.1) is 0 Å². The second kappa shape index (κ2) is 8.17. The molecule has 0 radical (unpaired) electrons. The van der Waals surface area contributed by atoms with Gasteiger partial charge >= 0.3 is 0 Å². The highest BCUT2D eigenvalue weighted by molar-refractivity contribution is 6.32. The number of hydrogen-bond acceptors (Lipinski definition) is 1. The number of allylic oxidation sites excluding steroid dienone is 2. The summed E-state index contributed by atoms with van der Waals surface area (Å²) in [4.78, 5) is 4.72. The average molecular weight is 336 g/mol. The van der Waals surface area contributed by atoms with Gasteiger partial charge in [-0.1, -0.05) is 97.0 Å². The van der Waals surface area contributed by atoms with E-state index in [0.29, 0.717) is 5.84 Å². The van der Waals surface area contributed by atoms with Gasteiger partial charge in [0.15, 0.2) is 0 Å². The second-order valence-electron chi connectivity index (χ2n) is 6.15. The zero-order valence-corrected chi connectivity index (χ0v) is 14.9. The predicted octanol–water partition coefficient (Wildman–Crippen LogP) is 3.40. The van der Waals surface area contributed by atoms with E-state index in [-0.39, 0.29) is 0 Å². The van der Waals surface area contributed by atoms with E-state index in [2.05, 4.69) is 6.58 Å². The van der Waals surface area contributed by atoms with Gasteiger partial charge in [0.2, 0.25) is 0 Å². The molecular weight excluding hydrogens is 315 g/mol. The number of rotatable bonds is 5. The summed E-state index contributed by atoms with van der Waals surface area (Å²) in [5.41, 5.74) is 12.1. The quantitative estimate of drug-likeness (QED) is 0.330. The van der Waals surface area contributed by atoms with Crippen LogP contribution in [0.15, 0.2) is 103 Å². The minimum Gasteiger partial charge on any atom is -0.383 e. The van der Waals surface area contributed by atoms with E-state index in [1.165, 1.54) is 0 Å². The molecule has 126 valence electrons. The van der Waals surface area contributed by atoms with Crippen molar-refractivity contribution >= 4 is 30.4 Å². The van der Waals surface area contributed by atoms with Crippen LogP contribution in [0.25, 0.3) is 11.3 Å². The lowest BCUT2D eigenvalue weighted by Gasteiger charge is -2.08. The fraction of sp³-hybridized carbons (Fsp3) is 0. The van der Waals surface area contributed by atoms with Gasteiger partial charge in [0, 0.05) is 11.1 Å². The molecule has 0 aliphatic heterocycles. The number of nitrogens with zero attached hydrogens (tertiary/aromatic N) is 1. The molecule has 0 saturated heterocycles. The lowest BCUT2D eigenvalue weighted by Crippen LogP contribution is -2.16. The largest absolute Gasteiger partial charge is 0.383 e. The normalized spacial score (nSPS) is 12.0. The van der Waals surface area contributed by atoms with Crippen LogP contribution in [0.3, 0.4) is 0 Å². The summed E-state index contributed by atoms with van der Waals surface area (Å²) in [5, 5.41) is 0. The van der Waals surface area contributed by atoms with Crippen molar-refractivity contribution in [3.63, 3.8) is 0 Å². The molecule has 2 nitrogen and oxygen atoms in total. The molecule has 0 aliphatic rings. The lowest BCUT2D eigenvalue weighted by atomic mass is 9.94. The van der Waals surface area contributed by atoms with E-state index >= 15 is 0 Å². The van der Waals surface area contributed by atoms with Gasteiger partial charge in [0.25, 0.3) is 0 Å². The highest BCUT2D eigenvalue weighted by Crippen LogP contribution is 2.22. The SMILES string of the molecule is Bc1cccc(/C(N)=N/C(=C\C(=C)c2ccccc2)c2ccccc2)c1. The third-order valence-corrected chi connectivity index (χ3v) is 4.08. The molecule has 0 heterocycles. The van der Waals surface area contributed by atoms with Crippen molar-refractivity contribution in [3.05, 3.63) is 114 Å². The summed E-state index contributed by atoms with van der Waals surface area (Å²) in [7, 11) is 2.04. The van der Waals surface area contributed by atoms with Crippen molar-refractivity contribution in [1.82, 2.24) is 0 Å². The molecule has 3 rings (SSSR count). The zero-order valence-electron chi connectivity index (χ0n) is 14.9. The van der Waals surface area contributed by atoms with Crippen molar-refractivity contribution < 1.29 is 0 Å². The first kappa shape index (κ1) is 17.5. The Kier molecular flexibility index (Phi) is 5.50. The molecule has 3 heteroatoms. The Bertz CT molecular complexity index is 958. The molecule has 0 unspecified atom stereocenters. The molecule has 0 bridgehead atoms. The Morgan fingerprint density at radius 2 is 1.38 bits per heavy atom. The van der Waals surface area contributed by atoms with Crippen LogP contribution in [0.4, 0.5) is 0 Å². The van der Waals surface area contributed by atoms with Crippen LogP contribution >= 0.6 is 0 Å². The van der Waals surface area contributed by atoms with Crippen LogP contribution in [0.5, 0.6) is 0 Å². The van der Waals surface area contributed by atoms with Crippen molar-refractivity contribution in [1.29, 1.82) is 0 Å². The van der Waals surface area contributed by atoms with E-state index in [1.807, 2.05) is 98.9 Å². The van der Waals surface area contributed by atoms with Gasteiger partial charge in [0.05, 0.1) is 5.70 Å². The van der Waals surface area contributed by atoms with Crippen molar-refractivity contribution in [2.45, 2.75) is 0 Å². The van der Waals surface area contributed by atoms with Gasteiger partial charge < -0.3 is 5.73 Å². The highest BCUT2D eigenvalue weighted by Gasteiger charge is 2.05. The van der Waals surface area contributed by atoms with Crippen molar-refractivity contribution in [2.24, 2.45) is 10.7 Å². The molecule has 0 saturated carbocycles. The van der Waals surface area contributed by atoms with Gasteiger partial charge in [-0.3, -0.25) is 0 Å². The minimum absolute atomic E-state index is 0.490. The first-order chi connectivity index (χ1) is 12.6. The van der Waals surface area contributed by atoms with Gasteiger partial charge in [-0.25, -0.2) is 4.99 Å². The Hall–Kier alpha value is -3.33. The van der Waals surface area contributed by atoms with Gasteiger partial charge in [-0.15, -0.1) is 0 Å². The Morgan fingerprint density at radius 1 is 0.808 bits per heavy atom. The fourth-order valence-electron chi connectivity index (χ4n) is 2.69. The van der Waals surface area contributed by atoms with E-state index in [9.17, 15) is 0 Å². The summed E-state index contributed by atoms with van der Waals surface area (Å²) < 4.78 is 0. The maximum Gasteiger partial charge on any atom is 0.139 e. The first-order valence-corrected chi connectivity index (χ1v) is 8.56. The van der Waals surface area contributed by atoms with Gasteiger partial charge in [-0.05, 0) is 17.2 Å². The van der Waals surface area contributed by atoms with Crippen LogP contribution in [-0.4, -0.2) is 13.7 Å². The highest BCUT2D eigenvalue weighted by atomic mass is 14.9. The van der Waals surface area contributed by atoms with E-state index in [4.69, 9.17) is 10.7 Å². The summed E-state index contributed by atoms with van der Waals surface area (Å²) in [6.07, 6.45) is 1.98. The summed E-state index contributed by atoms with van der Waals surface area (Å²) in [6.45, 7) is 4.20. The zero-order chi connectivity index (χ0) is 18.4. The molecule has 0 fully saturated rings. The predicted molar refractivity (Wildman–Crippen MR) is 115 cm³/mol. The Balaban J connectivity index is 2.03. The number of nitrogens with two attached hydrogens (primary N) is 1. The lowest BCUT2D eigenvalue weighted by molar-refractivity contribution is 1.45. The van der Waals surface area contributed by atoms with Crippen LogP contribution in [0.1, 0.15) is 16.7 Å². The summed E-state index contributed by atoms with van der Waals surface area (Å²) >= 11 is 0. The monoisotopic (exact) mass is 336 g/mol. The van der Waals surface area contributed by atoms with Gasteiger partial charge in [0.1, 0.15) is 13.7 Å². The van der Waals surface area contributed by atoms with Crippen LogP contribution in [-0.2, 0) is 0 Å². The third kappa shape index (κ3) is 4.39. The maximum absolute atomic E-state index is 6.30. The molecule has 0 atom stereocenters. The molecule has 3 aromatic carbocycles. The second-order valence-corrected chi connectivity index (χ2v) is 6.15. The molecule has 0 aliphatic carbocycles. The third-order valence-electron chi connectivity index (χ3n) is 4.08. The van der Waals surface area contributed by atoms with E-state index in [1.54, 1.807) is 0 Å². The van der Waals surface area contributed by atoms with Crippen molar-refractivity contribution in [3.8, 4) is 0 Å². The topological polar surface area (TPSA) is 38.4 Å². The molecule has 0 spiro atoms. The molecule has 0 amide bonds. The number of hydrogen-bond donors (Lipinski definition) is 1. The molecule has 26 heavy (non-hydrogen) atoms. The van der Waals surface area contributed by atoms with E-state index in [0.717, 1.165) is 33.4 Å². The van der Waals surface area contributed by atoms with E-state index < -0.39 is 0 Å². The standard InChI is InChI=1S/C23H21BN2/c1-17(18-9-4-2-5-10-18)15-22(19-11-6-3-7-12-19)26-23(25)20-13-8-14-21(24)16-20/h2-16H,1,24H2,(H2,25,26)/b22-15-. The Morgan fingerprint density at radius 3 is 2.00 bits per heavy atom. The molecule has 2 N–H and O–H groups in total. The van der Waals surface area contributed by atoms with Crippen molar-refractivity contribution in [2.75, 3.05) is 0 Å². The maximum atomic E-state index is 6.30. The minimum atomic E-state index is 0.490. The summed E-state index contributed by atoms with van der Waals surface area (Å²) in [5.74, 6) is 0.490. The van der Waals surface area contributed by atoms with Crippen LogP contribution in [0.2, 0.25) is 0 Å². The number of benzene rings is 3. The molecule has 0 aromatic heterocycles. The molecular formula is C23H21BN2. The van der Waals surface area contributed by atoms with Crippen LogP contribution < -0.4 is 11.2 Å². The Labute approximate surface area is 155 Å². The number of amidine groups is 1. The fourth-order valence-corrected chi connectivity index (χ4v) is 2.69.